The van der Waals surface area contributed by atoms with Gasteiger partial charge in [-0.2, -0.15) is 0 Å². The molecule has 1 aliphatic heterocycles. The van der Waals surface area contributed by atoms with Gasteiger partial charge in [-0.25, -0.2) is 0 Å². The molecule has 1 rings (SSSR count). The van der Waals surface area contributed by atoms with E-state index < -0.39 is 66.3 Å². The van der Waals surface area contributed by atoms with Crippen LogP contribution in [0.5, 0.6) is 0 Å². The smallest absolute Gasteiger partial charge is 0.305 e. The molecule has 0 bridgehead atoms. The SMILES string of the molecule is CC(=O)OC[C@@H]1O[C@H](OC(C)=O)[C@H](NC(=O)C(C)C)[C@@H](OC(C)=O)[C@H]1OC(C)=O. The molecular formula is C18H27NO10. The predicted octanol–water partition coefficient (Wildman–Crippen LogP) is -0.158. The van der Waals surface area contributed by atoms with Crippen molar-refractivity contribution in [2.75, 3.05) is 6.61 Å². The summed E-state index contributed by atoms with van der Waals surface area (Å²) in [6, 6.07) is -1.17. The fraction of sp³-hybridized carbons (Fsp3) is 0.722. The summed E-state index contributed by atoms with van der Waals surface area (Å²) in [4.78, 5) is 58.3. The average Bonchev–Trinajstić information content (AvgIpc) is 2.56. The van der Waals surface area contributed by atoms with Crippen LogP contribution in [0.3, 0.4) is 0 Å². The van der Waals surface area contributed by atoms with Crippen LogP contribution in [-0.4, -0.2) is 67.0 Å². The summed E-state index contributed by atoms with van der Waals surface area (Å²) in [5, 5.41) is 2.60. The van der Waals surface area contributed by atoms with Gasteiger partial charge in [0.2, 0.25) is 12.2 Å². The number of nitrogens with one attached hydrogen (secondary N) is 1. The summed E-state index contributed by atoms with van der Waals surface area (Å²) in [7, 11) is 0. The Labute approximate surface area is 168 Å². The van der Waals surface area contributed by atoms with E-state index in [1.807, 2.05) is 0 Å². The molecular weight excluding hydrogens is 390 g/mol. The van der Waals surface area contributed by atoms with Crippen LogP contribution in [0.1, 0.15) is 41.5 Å². The Morgan fingerprint density at radius 1 is 0.828 bits per heavy atom. The van der Waals surface area contributed by atoms with Gasteiger partial charge in [0.05, 0.1) is 0 Å². The first-order chi connectivity index (χ1) is 13.4. The van der Waals surface area contributed by atoms with Gasteiger partial charge in [-0.05, 0) is 0 Å². The van der Waals surface area contributed by atoms with Gasteiger partial charge in [0.1, 0.15) is 18.8 Å². The second-order valence-electron chi connectivity index (χ2n) is 6.79. The maximum atomic E-state index is 12.3. The molecule has 0 radical (unpaired) electrons. The average molecular weight is 417 g/mol. The fourth-order valence-corrected chi connectivity index (χ4v) is 2.65. The molecule has 0 aromatic carbocycles. The van der Waals surface area contributed by atoms with Crippen LogP contribution in [-0.2, 0) is 47.7 Å². The van der Waals surface area contributed by atoms with Gasteiger partial charge in [-0.3, -0.25) is 24.0 Å². The quantitative estimate of drug-likeness (QED) is 0.438. The summed E-state index contributed by atoms with van der Waals surface area (Å²) >= 11 is 0. The summed E-state index contributed by atoms with van der Waals surface area (Å²) in [5.41, 5.74) is 0. The molecule has 0 aromatic rings. The third-order valence-electron chi connectivity index (χ3n) is 3.82. The molecule has 11 heteroatoms. The number of esters is 4. The Hall–Kier alpha value is -2.69. The summed E-state index contributed by atoms with van der Waals surface area (Å²) < 4.78 is 26.3. The number of carbonyl (C=O) groups is 5. The van der Waals surface area contributed by atoms with Gasteiger partial charge in [0.15, 0.2) is 12.2 Å². The maximum absolute atomic E-state index is 12.3. The zero-order valence-electron chi connectivity index (χ0n) is 17.3. The van der Waals surface area contributed by atoms with Gasteiger partial charge in [-0.15, -0.1) is 0 Å². The molecule has 1 saturated heterocycles. The van der Waals surface area contributed by atoms with E-state index in [1.54, 1.807) is 13.8 Å². The number of ether oxygens (including phenoxy) is 5. The van der Waals surface area contributed by atoms with Gasteiger partial charge in [-0.1, -0.05) is 13.8 Å². The highest BCUT2D eigenvalue weighted by atomic mass is 16.7. The van der Waals surface area contributed by atoms with Crippen LogP contribution in [0.2, 0.25) is 0 Å². The first kappa shape index (κ1) is 24.3. The highest BCUT2D eigenvalue weighted by Gasteiger charge is 2.52. The molecule has 5 atom stereocenters. The second kappa shape index (κ2) is 10.7. The Bertz CT molecular complexity index is 647. The molecule has 11 nitrogen and oxygen atoms in total. The maximum Gasteiger partial charge on any atom is 0.305 e. The highest BCUT2D eigenvalue weighted by Crippen LogP contribution is 2.28. The molecule has 0 saturated carbocycles. The zero-order chi connectivity index (χ0) is 22.3. The number of amides is 1. The van der Waals surface area contributed by atoms with Gasteiger partial charge in [0.25, 0.3) is 0 Å². The lowest BCUT2D eigenvalue weighted by Crippen LogP contribution is -2.67. The number of hydrogen-bond acceptors (Lipinski definition) is 10. The third-order valence-corrected chi connectivity index (χ3v) is 3.82. The van der Waals surface area contributed by atoms with Crippen molar-refractivity contribution < 1.29 is 47.7 Å². The molecule has 0 unspecified atom stereocenters. The van der Waals surface area contributed by atoms with Crippen LogP contribution < -0.4 is 5.32 Å². The number of hydrogen-bond donors (Lipinski definition) is 1. The van der Waals surface area contributed by atoms with Crippen molar-refractivity contribution >= 4 is 29.8 Å². The van der Waals surface area contributed by atoms with Crippen molar-refractivity contribution in [2.45, 2.75) is 72.2 Å². The minimum absolute atomic E-state index is 0.367. The zero-order valence-corrected chi connectivity index (χ0v) is 17.3. The molecule has 1 N–H and O–H groups in total. The molecule has 0 spiro atoms. The first-order valence-corrected chi connectivity index (χ1v) is 9.03. The van der Waals surface area contributed by atoms with Crippen LogP contribution >= 0.6 is 0 Å². The van der Waals surface area contributed by atoms with E-state index >= 15 is 0 Å². The normalized spacial score (nSPS) is 26.2. The number of carbonyl (C=O) groups excluding carboxylic acids is 5. The van der Waals surface area contributed by atoms with E-state index in [9.17, 15) is 24.0 Å². The molecule has 1 fully saturated rings. The van der Waals surface area contributed by atoms with Crippen molar-refractivity contribution in [3.05, 3.63) is 0 Å². The second-order valence-corrected chi connectivity index (χ2v) is 6.79. The summed E-state index contributed by atoms with van der Waals surface area (Å²) in [6.45, 7) is 7.46. The molecule has 1 aliphatic rings. The van der Waals surface area contributed by atoms with Crippen molar-refractivity contribution in [1.82, 2.24) is 5.32 Å². The molecule has 29 heavy (non-hydrogen) atoms. The largest absolute Gasteiger partial charge is 0.463 e. The van der Waals surface area contributed by atoms with E-state index in [4.69, 9.17) is 23.7 Å². The van der Waals surface area contributed by atoms with E-state index in [2.05, 4.69) is 5.32 Å². The van der Waals surface area contributed by atoms with Crippen LogP contribution in [0.25, 0.3) is 0 Å². The third kappa shape index (κ3) is 7.68. The standard InChI is InChI=1S/C18H27NO10/c1-8(2)17(24)19-14-16(27-11(5)22)15(26-10(4)21)13(7-25-9(3)20)29-18(14)28-12(6)23/h8,13-16,18H,7H2,1-6H3,(H,19,24)/t13-,14+,15-,16+,18-/m0/s1. The van der Waals surface area contributed by atoms with E-state index in [-0.39, 0.29) is 6.61 Å². The highest BCUT2D eigenvalue weighted by molar-refractivity contribution is 5.78. The Morgan fingerprint density at radius 2 is 1.34 bits per heavy atom. The summed E-state index contributed by atoms with van der Waals surface area (Å²) in [5.74, 6) is -3.69. The molecule has 1 amide bonds. The Kier molecular flexibility index (Phi) is 9.02. The molecule has 164 valence electrons. The van der Waals surface area contributed by atoms with Gasteiger partial charge < -0.3 is 29.0 Å². The van der Waals surface area contributed by atoms with Gasteiger partial charge in [0, 0.05) is 33.6 Å². The van der Waals surface area contributed by atoms with Crippen molar-refractivity contribution in [2.24, 2.45) is 5.92 Å². The van der Waals surface area contributed by atoms with E-state index in [0.29, 0.717) is 0 Å². The monoisotopic (exact) mass is 417 g/mol. The van der Waals surface area contributed by atoms with Crippen LogP contribution in [0, 0.1) is 5.92 Å². The molecule has 0 aromatic heterocycles. The molecule has 0 aliphatic carbocycles. The minimum atomic E-state index is -1.38. The van der Waals surface area contributed by atoms with E-state index in [1.165, 1.54) is 6.92 Å². The Morgan fingerprint density at radius 3 is 1.79 bits per heavy atom. The van der Waals surface area contributed by atoms with Crippen LogP contribution in [0.4, 0.5) is 0 Å². The lowest BCUT2D eigenvalue weighted by molar-refractivity contribution is -0.271. The van der Waals surface area contributed by atoms with Gasteiger partial charge >= 0.3 is 23.9 Å². The van der Waals surface area contributed by atoms with Crippen molar-refractivity contribution in [3.63, 3.8) is 0 Å². The van der Waals surface area contributed by atoms with E-state index in [0.717, 1.165) is 20.8 Å². The lowest BCUT2D eigenvalue weighted by Gasteiger charge is -2.44. The lowest BCUT2D eigenvalue weighted by atomic mass is 9.95. The van der Waals surface area contributed by atoms with Crippen molar-refractivity contribution in [1.29, 1.82) is 0 Å². The summed E-state index contributed by atoms with van der Waals surface area (Å²) in [6.07, 6.45) is -5.01. The van der Waals surface area contributed by atoms with Crippen molar-refractivity contribution in [3.8, 4) is 0 Å². The number of rotatable bonds is 7. The van der Waals surface area contributed by atoms with Crippen LogP contribution in [0.15, 0.2) is 0 Å². The fourth-order valence-electron chi connectivity index (χ4n) is 2.65. The minimum Gasteiger partial charge on any atom is -0.463 e. The topological polar surface area (TPSA) is 144 Å². The predicted molar refractivity (Wildman–Crippen MR) is 94.9 cm³/mol. The Balaban J connectivity index is 3.34. The molecule has 1 heterocycles. The first-order valence-electron chi connectivity index (χ1n) is 9.03.